The summed E-state index contributed by atoms with van der Waals surface area (Å²) in [4.78, 5) is 1.21. The van der Waals surface area contributed by atoms with Crippen LogP contribution in [0, 0.1) is 6.92 Å². The first-order valence-corrected chi connectivity index (χ1v) is 9.14. The first-order valence-electron chi connectivity index (χ1n) is 7.11. The van der Waals surface area contributed by atoms with Gasteiger partial charge in [0.15, 0.2) is 0 Å². The minimum absolute atomic E-state index is 0.0906. The smallest absolute Gasteiger partial charge is 0.136 e. The quantitative estimate of drug-likeness (QED) is 0.818. The Balaban J connectivity index is 2.15. The Hall–Kier alpha value is -0.810. The normalized spacial score (nSPS) is 15.0. The van der Waals surface area contributed by atoms with Gasteiger partial charge in [-0.3, -0.25) is 0 Å². The maximum Gasteiger partial charge on any atom is 0.136 e. The molecule has 0 bridgehead atoms. The summed E-state index contributed by atoms with van der Waals surface area (Å²) in [5, 5.41) is 2.18. The summed E-state index contributed by atoms with van der Waals surface area (Å²) in [5.74, 6) is 0. The zero-order chi connectivity index (χ0) is 15.6. The van der Waals surface area contributed by atoms with Crippen LogP contribution in [0.3, 0.4) is 0 Å². The van der Waals surface area contributed by atoms with Gasteiger partial charge in [0.05, 0.1) is 6.04 Å². The number of aryl methyl sites for hydroxylation is 1. The van der Waals surface area contributed by atoms with Crippen molar-refractivity contribution in [3.05, 3.63) is 46.2 Å². The molecule has 1 aromatic heterocycles. The van der Waals surface area contributed by atoms with E-state index in [4.69, 9.17) is 0 Å². The molecule has 0 aliphatic carbocycles. The van der Waals surface area contributed by atoms with E-state index in [1.165, 1.54) is 21.6 Å². The van der Waals surface area contributed by atoms with Crippen molar-refractivity contribution in [3.63, 3.8) is 0 Å². The molecule has 21 heavy (non-hydrogen) atoms. The van der Waals surface area contributed by atoms with Crippen LogP contribution in [0.25, 0.3) is 11.1 Å². The van der Waals surface area contributed by atoms with Crippen LogP contribution < -0.4 is 4.72 Å². The highest BCUT2D eigenvalue weighted by molar-refractivity contribution is 7.90. The van der Waals surface area contributed by atoms with Gasteiger partial charge < -0.3 is 4.55 Å². The number of hydrogen-bond donors (Lipinski definition) is 1. The van der Waals surface area contributed by atoms with E-state index in [0.29, 0.717) is 0 Å². The highest BCUT2D eigenvalue weighted by Gasteiger charge is 2.28. The van der Waals surface area contributed by atoms with Gasteiger partial charge in [0.1, 0.15) is 4.75 Å². The van der Waals surface area contributed by atoms with Crippen LogP contribution in [0.5, 0.6) is 0 Å². The molecule has 2 nitrogen and oxygen atoms in total. The zero-order valence-electron chi connectivity index (χ0n) is 13.3. The third kappa shape index (κ3) is 4.10. The van der Waals surface area contributed by atoms with Crippen LogP contribution in [0.1, 0.15) is 44.2 Å². The number of nitrogens with one attached hydrogen (secondary N) is 1. The fraction of sp³-hybridized carbons (Fsp3) is 0.412. The Bertz CT molecular complexity index is 601. The molecule has 0 saturated carbocycles. The van der Waals surface area contributed by atoms with E-state index in [2.05, 4.69) is 54.3 Å². The molecule has 0 radical (unpaired) electrons. The summed E-state index contributed by atoms with van der Waals surface area (Å²) in [7, 11) is 0. The molecule has 0 aliphatic heterocycles. The van der Waals surface area contributed by atoms with Crippen molar-refractivity contribution in [3.8, 4) is 11.1 Å². The lowest BCUT2D eigenvalue weighted by molar-refractivity contribution is 0.532. The fourth-order valence-electron chi connectivity index (χ4n) is 2.01. The predicted molar refractivity (Wildman–Crippen MR) is 93.9 cm³/mol. The second-order valence-corrected chi connectivity index (χ2v) is 9.21. The van der Waals surface area contributed by atoms with E-state index in [-0.39, 0.29) is 10.8 Å². The van der Waals surface area contributed by atoms with Crippen LogP contribution in [0.2, 0.25) is 0 Å². The summed E-state index contributed by atoms with van der Waals surface area (Å²) in [6.07, 6.45) is 0. The Morgan fingerprint density at radius 3 is 2.52 bits per heavy atom. The molecule has 114 valence electrons. The molecule has 2 aromatic rings. The lowest BCUT2D eigenvalue weighted by Crippen LogP contribution is -2.40. The molecule has 1 N–H and O–H groups in total. The average molecular weight is 322 g/mol. The highest BCUT2D eigenvalue weighted by atomic mass is 32.2. The standard InChI is InChI=1S/C17H23NOS2/c1-12-8-6-7-9-15(12)14-10-16(20-11-14)13(2)18-21(19)17(3,4)5/h6-11,13,18H,1-5H3/t13-,21?/m1/s1. The molecule has 0 amide bonds. The van der Waals surface area contributed by atoms with E-state index in [0.717, 1.165) is 0 Å². The van der Waals surface area contributed by atoms with Gasteiger partial charge in [-0.2, -0.15) is 0 Å². The molecule has 2 rings (SSSR count). The molecule has 1 unspecified atom stereocenters. The van der Waals surface area contributed by atoms with Gasteiger partial charge >= 0.3 is 0 Å². The molecular weight excluding hydrogens is 298 g/mol. The van der Waals surface area contributed by atoms with E-state index < -0.39 is 11.4 Å². The number of thiophene rings is 1. The molecule has 0 fully saturated rings. The Labute approximate surface area is 134 Å². The molecule has 4 heteroatoms. The minimum Gasteiger partial charge on any atom is -0.598 e. The Morgan fingerprint density at radius 1 is 1.24 bits per heavy atom. The molecule has 1 heterocycles. The molecule has 0 spiro atoms. The zero-order valence-corrected chi connectivity index (χ0v) is 14.9. The Morgan fingerprint density at radius 2 is 1.90 bits per heavy atom. The van der Waals surface area contributed by atoms with Crippen molar-refractivity contribution in [1.29, 1.82) is 0 Å². The van der Waals surface area contributed by atoms with Gasteiger partial charge in [-0.25, -0.2) is 0 Å². The van der Waals surface area contributed by atoms with Crippen molar-refractivity contribution in [2.24, 2.45) is 0 Å². The van der Waals surface area contributed by atoms with Crippen molar-refractivity contribution in [1.82, 2.24) is 4.72 Å². The number of rotatable bonds is 4. The lowest BCUT2D eigenvalue weighted by Gasteiger charge is -2.26. The van der Waals surface area contributed by atoms with E-state index in [1.54, 1.807) is 11.3 Å². The summed E-state index contributed by atoms with van der Waals surface area (Å²) < 4.78 is 15.1. The van der Waals surface area contributed by atoms with Gasteiger partial charge in [0.2, 0.25) is 0 Å². The maximum absolute atomic E-state index is 12.2. The van der Waals surface area contributed by atoms with Crippen molar-refractivity contribution >= 4 is 22.7 Å². The van der Waals surface area contributed by atoms with E-state index in [9.17, 15) is 4.55 Å². The summed E-state index contributed by atoms with van der Waals surface area (Å²) in [6.45, 7) is 10.1. The van der Waals surface area contributed by atoms with Crippen LogP contribution in [-0.2, 0) is 11.4 Å². The van der Waals surface area contributed by atoms with Crippen molar-refractivity contribution in [2.75, 3.05) is 0 Å². The molecule has 2 atom stereocenters. The average Bonchev–Trinajstić information content (AvgIpc) is 2.87. The summed E-state index contributed by atoms with van der Waals surface area (Å²) in [6, 6.07) is 10.7. The van der Waals surface area contributed by atoms with Crippen LogP contribution in [-0.4, -0.2) is 9.30 Å². The Kier molecular flexibility index (Phi) is 5.15. The first-order chi connectivity index (χ1) is 9.79. The topological polar surface area (TPSA) is 35.1 Å². The summed E-state index contributed by atoms with van der Waals surface area (Å²) in [5.41, 5.74) is 3.79. The van der Waals surface area contributed by atoms with E-state index >= 15 is 0 Å². The SMILES string of the molecule is Cc1ccccc1-c1csc([C@@H](C)N[S+]([O-])C(C)(C)C)c1. The predicted octanol–water partition coefficient (Wildman–Crippen LogP) is 4.84. The van der Waals surface area contributed by atoms with Crippen LogP contribution in [0.15, 0.2) is 35.7 Å². The molecule has 1 aromatic carbocycles. The first kappa shape index (κ1) is 16.6. The van der Waals surface area contributed by atoms with E-state index in [1.807, 2.05) is 20.8 Å². The van der Waals surface area contributed by atoms with Gasteiger partial charge in [-0.1, -0.05) is 24.3 Å². The summed E-state index contributed by atoms with van der Waals surface area (Å²) >= 11 is 0.666. The third-order valence-electron chi connectivity index (χ3n) is 3.34. The monoisotopic (exact) mass is 321 g/mol. The van der Waals surface area contributed by atoms with Crippen LogP contribution >= 0.6 is 11.3 Å². The molecule has 0 saturated heterocycles. The maximum atomic E-state index is 12.2. The van der Waals surface area contributed by atoms with Crippen molar-refractivity contribution in [2.45, 2.75) is 45.4 Å². The highest BCUT2D eigenvalue weighted by Crippen LogP contribution is 2.31. The number of benzene rings is 1. The number of hydrogen-bond acceptors (Lipinski definition) is 3. The molecule has 0 aliphatic rings. The second kappa shape index (κ2) is 6.53. The van der Waals surface area contributed by atoms with Crippen LogP contribution in [0.4, 0.5) is 0 Å². The minimum atomic E-state index is -1.05. The second-order valence-electron chi connectivity index (χ2n) is 6.27. The van der Waals surface area contributed by atoms with Crippen molar-refractivity contribution < 1.29 is 4.55 Å². The lowest BCUT2D eigenvalue weighted by atomic mass is 10.0. The fourth-order valence-corrected chi connectivity index (χ4v) is 3.81. The van der Waals surface area contributed by atoms with Gasteiger partial charge in [0, 0.05) is 16.2 Å². The van der Waals surface area contributed by atoms with Gasteiger partial charge in [-0.15, -0.1) is 16.1 Å². The van der Waals surface area contributed by atoms with Gasteiger partial charge in [0.25, 0.3) is 0 Å². The largest absolute Gasteiger partial charge is 0.598 e. The third-order valence-corrected chi connectivity index (χ3v) is 6.14. The molecular formula is C17H23NOS2. The van der Waals surface area contributed by atoms with Gasteiger partial charge in [-0.05, 0) is 62.8 Å².